The molecule has 1 aliphatic heterocycles. The molecule has 1 atom stereocenters. The van der Waals surface area contributed by atoms with E-state index in [0.717, 1.165) is 9.75 Å². The molecular formula is C19H25N3O4S2. The summed E-state index contributed by atoms with van der Waals surface area (Å²) in [6.45, 7) is 6.22. The minimum Gasteiger partial charge on any atom is -0.337 e. The number of carbonyl (C=O) groups is 1. The number of aryl methyl sites for hydroxylation is 1. The molecule has 1 fully saturated rings. The highest BCUT2D eigenvalue weighted by molar-refractivity contribution is 7.91. The molecular weight excluding hydrogens is 398 g/mol. The number of hydrogen-bond acceptors (Lipinski definition) is 6. The first-order valence-electron chi connectivity index (χ1n) is 9.29. The van der Waals surface area contributed by atoms with Gasteiger partial charge in [0.25, 0.3) is 5.56 Å². The molecule has 0 bridgehead atoms. The summed E-state index contributed by atoms with van der Waals surface area (Å²) in [7, 11) is -3.11. The summed E-state index contributed by atoms with van der Waals surface area (Å²) >= 11 is 1.57. The van der Waals surface area contributed by atoms with Gasteiger partial charge in [-0.05, 0) is 37.5 Å². The lowest BCUT2D eigenvalue weighted by Gasteiger charge is -2.30. The Balaban J connectivity index is 1.84. The summed E-state index contributed by atoms with van der Waals surface area (Å²) < 4.78 is 24.9. The Hall–Kier alpha value is -2.00. The first kappa shape index (κ1) is 20.7. The van der Waals surface area contributed by atoms with Crippen LogP contribution in [0.2, 0.25) is 0 Å². The van der Waals surface area contributed by atoms with Crippen molar-refractivity contribution < 1.29 is 13.2 Å². The number of amides is 1. The van der Waals surface area contributed by atoms with Gasteiger partial charge >= 0.3 is 0 Å². The van der Waals surface area contributed by atoms with Crippen LogP contribution < -0.4 is 5.56 Å². The van der Waals surface area contributed by atoms with Gasteiger partial charge in [-0.15, -0.1) is 11.3 Å². The Morgan fingerprint density at radius 1 is 1.32 bits per heavy atom. The van der Waals surface area contributed by atoms with Gasteiger partial charge < -0.3 is 4.90 Å². The van der Waals surface area contributed by atoms with Crippen molar-refractivity contribution in [3.05, 3.63) is 39.5 Å². The second-order valence-corrected chi connectivity index (χ2v) is 11.1. The van der Waals surface area contributed by atoms with Gasteiger partial charge in [0.15, 0.2) is 9.84 Å². The van der Waals surface area contributed by atoms with E-state index in [1.165, 1.54) is 10.7 Å². The zero-order valence-corrected chi connectivity index (χ0v) is 17.9. The SMILES string of the molecule is Cc1ccc(-c2ccc(=O)n(CC(=O)N(CC(C)C)C3CCS(=O)(=O)C3)n2)s1. The van der Waals surface area contributed by atoms with Crippen molar-refractivity contribution in [2.75, 3.05) is 18.1 Å². The maximum absolute atomic E-state index is 13.0. The molecule has 2 aromatic rings. The van der Waals surface area contributed by atoms with E-state index in [-0.39, 0.29) is 41.5 Å². The third-order valence-electron chi connectivity index (χ3n) is 4.68. The summed E-state index contributed by atoms with van der Waals surface area (Å²) in [6, 6.07) is 6.65. The fourth-order valence-corrected chi connectivity index (χ4v) is 5.92. The van der Waals surface area contributed by atoms with Crippen molar-refractivity contribution in [3.63, 3.8) is 0 Å². The molecule has 152 valence electrons. The lowest BCUT2D eigenvalue weighted by atomic mass is 10.1. The number of hydrogen-bond donors (Lipinski definition) is 0. The first-order valence-corrected chi connectivity index (χ1v) is 11.9. The molecule has 7 nitrogen and oxygen atoms in total. The summed E-state index contributed by atoms with van der Waals surface area (Å²) in [4.78, 5) is 28.9. The molecule has 0 saturated carbocycles. The lowest BCUT2D eigenvalue weighted by molar-refractivity contribution is -0.134. The van der Waals surface area contributed by atoms with Crippen molar-refractivity contribution >= 4 is 27.1 Å². The van der Waals surface area contributed by atoms with Gasteiger partial charge in [0, 0.05) is 23.5 Å². The van der Waals surface area contributed by atoms with Gasteiger partial charge in [0.05, 0.1) is 16.4 Å². The highest BCUT2D eigenvalue weighted by atomic mass is 32.2. The summed E-state index contributed by atoms with van der Waals surface area (Å²) in [6.07, 6.45) is 0.442. The second kappa shape index (κ2) is 8.16. The van der Waals surface area contributed by atoms with Crippen molar-refractivity contribution in [3.8, 4) is 10.6 Å². The summed E-state index contributed by atoms with van der Waals surface area (Å²) in [5.41, 5.74) is 0.290. The number of aromatic nitrogens is 2. The third kappa shape index (κ3) is 4.88. The van der Waals surface area contributed by atoms with Crippen molar-refractivity contribution in [1.29, 1.82) is 0 Å². The Kier molecular flexibility index (Phi) is 6.04. The predicted molar refractivity (Wildman–Crippen MR) is 110 cm³/mol. The standard InChI is InChI=1S/C19H25N3O4S2/c1-13(2)10-21(15-8-9-28(25,26)12-15)19(24)11-22-18(23)7-5-16(20-22)17-6-4-14(3)27-17/h4-7,13,15H,8-12H2,1-3H3. The van der Waals surface area contributed by atoms with Crippen molar-refractivity contribution in [2.24, 2.45) is 5.92 Å². The van der Waals surface area contributed by atoms with Gasteiger partial charge in [-0.25, -0.2) is 13.1 Å². The van der Waals surface area contributed by atoms with Gasteiger partial charge in [-0.1, -0.05) is 13.8 Å². The fourth-order valence-electron chi connectivity index (χ4n) is 3.35. The molecule has 0 spiro atoms. The quantitative estimate of drug-likeness (QED) is 0.708. The number of carbonyl (C=O) groups excluding carboxylic acids is 1. The molecule has 0 radical (unpaired) electrons. The molecule has 0 N–H and O–H groups in total. The minimum atomic E-state index is -3.11. The molecule has 9 heteroatoms. The van der Waals surface area contributed by atoms with E-state index < -0.39 is 9.84 Å². The normalized spacial score (nSPS) is 18.5. The zero-order valence-electron chi connectivity index (χ0n) is 16.3. The largest absolute Gasteiger partial charge is 0.337 e. The van der Waals surface area contributed by atoms with Crippen LogP contribution in [0.1, 0.15) is 25.1 Å². The van der Waals surface area contributed by atoms with E-state index in [2.05, 4.69) is 5.10 Å². The monoisotopic (exact) mass is 423 g/mol. The minimum absolute atomic E-state index is 0.0116. The Labute approximate surface area is 168 Å². The average Bonchev–Trinajstić information content (AvgIpc) is 3.19. The van der Waals surface area contributed by atoms with Crippen LogP contribution in [-0.2, 0) is 21.2 Å². The summed E-state index contributed by atoms with van der Waals surface area (Å²) in [5, 5.41) is 4.36. The predicted octanol–water partition coefficient (Wildman–Crippen LogP) is 1.95. The lowest BCUT2D eigenvalue weighted by Crippen LogP contribution is -2.46. The maximum atomic E-state index is 13.0. The second-order valence-electron chi connectivity index (χ2n) is 7.62. The number of rotatable bonds is 6. The topological polar surface area (TPSA) is 89.3 Å². The molecule has 1 amide bonds. The molecule has 1 unspecified atom stereocenters. The van der Waals surface area contributed by atoms with Crippen LogP contribution in [0.15, 0.2) is 29.1 Å². The van der Waals surface area contributed by atoms with Gasteiger partial charge in [-0.2, -0.15) is 5.10 Å². The van der Waals surface area contributed by atoms with Gasteiger partial charge in [0.2, 0.25) is 5.91 Å². The number of sulfone groups is 1. The first-order chi connectivity index (χ1) is 13.1. The average molecular weight is 424 g/mol. The van der Waals surface area contributed by atoms with E-state index in [0.29, 0.717) is 18.7 Å². The number of nitrogens with zero attached hydrogens (tertiary/aromatic N) is 3. The molecule has 0 aliphatic carbocycles. The molecule has 1 saturated heterocycles. The van der Waals surface area contributed by atoms with Crippen LogP contribution in [0, 0.1) is 12.8 Å². The van der Waals surface area contributed by atoms with E-state index in [4.69, 9.17) is 0 Å². The van der Waals surface area contributed by atoms with Crippen LogP contribution in [0.4, 0.5) is 0 Å². The van der Waals surface area contributed by atoms with Crippen LogP contribution >= 0.6 is 11.3 Å². The van der Waals surface area contributed by atoms with E-state index in [9.17, 15) is 18.0 Å². The smallest absolute Gasteiger partial charge is 0.267 e. The van der Waals surface area contributed by atoms with Gasteiger partial charge in [-0.3, -0.25) is 9.59 Å². The fraction of sp³-hybridized carbons (Fsp3) is 0.526. The molecule has 28 heavy (non-hydrogen) atoms. The van der Waals surface area contributed by atoms with E-state index in [1.54, 1.807) is 22.3 Å². The molecule has 0 aromatic carbocycles. The highest BCUT2D eigenvalue weighted by Crippen LogP contribution is 2.25. The van der Waals surface area contributed by atoms with Crippen LogP contribution in [0.5, 0.6) is 0 Å². The van der Waals surface area contributed by atoms with Crippen LogP contribution in [-0.4, -0.2) is 53.1 Å². The van der Waals surface area contributed by atoms with Crippen LogP contribution in [0.25, 0.3) is 10.6 Å². The Bertz CT molecular complexity index is 1020. The molecule has 3 heterocycles. The third-order valence-corrected chi connectivity index (χ3v) is 7.45. The summed E-state index contributed by atoms with van der Waals surface area (Å²) in [5.74, 6) is 0.00930. The molecule has 3 rings (SSSR count). The van der Waals surface area contributed by atoms with Crippen molar-refractivity contribution in [1.82, 2.24) is 14.7 Å². The van der Waals surface area contributed by atoms with Crippen molar-refractivity contribution in [2.45, 2.75) is 39.8 Å². The maximum Gasteiger partial charge on any atom is 0.267 e. The highest BCUT2D eigenvalue weighted by Gasteiger charge is 2.35. The molecule has 1 aliphatic rings. The van der Waals surface area contributed by atoms with Crippen LogP contribution in [0.3, 0.4) is 0 Å². The molecule has 2 aromatic heterocycles. The van der Waals surface area contributed by atoms with E-state index in [1.807, 2.05) is 32.9 Å². The Morgan fingerprint density at radius 2 is 2.07 bits per heavy atom. The van der Waals surface area contributed by atoms with Gasteiger partial charge in [0.1, 0.15) is 12.2 Å². The zero-order chi connectivity index (χ0) is 20.5. The number of thiophene rings is 1. The van der Waals surface area contributed by atoms with E-state index >= 15 is 0 Å². The Morgan fingerprint density at radius 3 is 2.64 bits per heavy atom.